The Kier molecular flexibility index (Phi) is 4.39. The summed E-state index contributed by atoms with van der Waals surface area (Å²) >= 11 is 0. The third kappa shape index (κ3) is 3.24. The first kappa shape index (κ1) is 13.8. The minimum atomic E-state index is -0.806. The number of carboxylic acids is 1. The van der Waals surface area contributed by atoms with Gasteiger partial charge in [-0.05, 0) is 17.7 Å². The van der Waals surface area contributed by atoms with Crippen LogP contribution in [-0.2, 0) is 9.53 Å². The highest BCUT2D eigenvalue weighted by Gasteiger charge is 2.28. The number of nitrogens with zero attached hydrogens (tertiary/aromatic N) is 2. The van der Waals surface area contributed by atoms with Gasteiger partial charge in [0.15, 0.2) is 0 Å². The maximum atomic E-state index is 11.5. The highest BCUT2D eigenvalue weighted by atomic mass is 16.5. The Hall–Kier alpha value is -1.59. The van der Waals surface area contributed by atoms with E-state index >= 15 is 0 Å². The molecule has 19 heavy (non-hydrogen) atoms. The summed E-state index contributed by atoms with van der Waals surface area (Å²) in [6, 6.07) is 7.10. The fourth-order valence-corrected chi connectivity index (χ4v) is 2.30. The van der Waals surface area contributed by atoms with E-state index in [9.17, 15) is 9.90 Å². The van der Waals surface area contributed by atoms with Crippen LogP contribution in [0.5, 0.6) is 0 Å². The highest BCUT2D eigenvalue weighted by Crippen LogP contribution is 2.24. The van der Waals surface area contributed by atoms with Crippen LogP contribution >= 0.6 is 0 Å². The molecule has 0 aliphatic carbocycles. The zero-order valence-electron chi connectivity index (χ0n) is 11.4. The first-order valence-electron chi connectivity index (χ1n) is 6.41. The molecule has 0 aromatic heterocycles. The van der Waals surface area contributed by atoms with Gasteiger partial charge in [0.2, 0.25) is 0 Å². The van der Waals surface area contributed by atoms with Crippen LogP contribution < -0.4 is 4.90 Å². The number of carbonyl (C=O) groups is 1. The van der Waals surface area contributed by atoms with Crippen LogP contribution in [0, 0.1) is 0 Å². The van der Waals surface area contributed by atoms with Crippen LogP contribution in [0.15, 0.2) is 24.3 Å². The highest BCUT2D eigenvalue weighted by molar-refractivity contribution is 5.75. The van der Waals surface area contributed by atoms with Gasteiger partial charge in [-0.15, -0.1) is 0 Å². The summed E-state index contributed by atoms with van der Waals surface area (Å²) in [5.41, 5.74) is 1.88. The van der Waals surface area contributed by atoms with Gasteiger partial charge in [-0.1, -0.05) is 12.1 Å². The monoisotopic (exact) mass is 264 g/mol. The van der Waals surface area contributed by atoms with Gasteiger partial charge in [0.1, 0.15) is 6.04 Å². The predicted molar refractivity (Wildman–Crippen MR) is 73.5 cm³/mol. The van der Waals surface area contributed by atoms with Crippen molar-refractivity contribution in [2.45, 2.75) is 6.04 Å². The minimum Gasteiger partial charge on any atom is -0.480 e. The fraction of sp³-hybridized carbons (Fsp3) is 0.500. The van der Waals surface area contributed by atoms with Crippen molar-refractivity contribution in [1.82, 2.24) is 4.90 Å². The molecule has 1 aliphatic heterocycles. The topological polar surface area (TPSA) is 53.0 Å². The van der Waals surface area contributed by atoms with Crippen LogP contribution in [0.2, 0.25) is 0 Å². The van der Waals surface area contributed by atoms with Gasteiger partial charge < -0.3 is 14.7 Å². The summed E-state index contributed by atoms with van der Waals surface area (Å²) in [7, 11) is 3.93. The Morgan fingerprint density at radius 1 is 1.26 bits per heavy atom. The number of rotatable bonds is 4. The molecular formula is C14H20N2O3. The van der Waals surface area contributed by atoms with Crippen molar-refractivity contribution in [3.8, 4) is 0 Å². The van der Waals surface area contributed by atoms with Gasteiger partial charge in [-0.3, -0.25) is 9.69 Å². The number of hydrogen-bond acceptors (Lipinski definition) is 4. The first-order valence-corrected chi connectivity index (χ1v) is 6.41. The molecule has 5 nitrogen and oxygen atoms in total. The molecular weight excluding hydrogens is 244 g/mol. The van der Waals surface area contributed by atoms with E-state index in [1.165, 1.54) is 0 Å². The lowest BCUT2D eigenvalue weighted by molar-refractivity contribution is -0.145. The van der Waals surface area contributed by atoms with Gasteiger partial charge in [-0.2, -0.15) is 0 Å². The van der Waals surface area contributed by atoms with E-state index in [1.807, 2.05) is 48.2 Å². The van der Waals surface area contributed by atoms with Crippen molar-refractivity contribution >= 4 is 11.7 Å². The average molecular weight is 264 g/mol. The summed E-state index contributed by atoms with van der Waals surface area (Å²) < 4.78 is 5.27. The largest absolute Gasteiger partial charge is 0.480 e. The lowest BCUT2D eigenvalue weighted by Crippen LogP contribution is -2.42. The number of ether oxygens (including phenoxy) is 1. The molecule has 0 saturated carbocycles. The predicted octanol–water partition coefficient (Wildman–Crippen LogP) is 1.21. The second-order valence-corrected chi connectivity index (χ2v) is 4.88. The Bertz CT molecular complexity index is 425. The smallest absolute Gasteiger partial charge is 0.325 e. The summed E-state index contributed by atoms with van der Waals surface area (Å²) in [5.74, 6) is -0.806. The third-order valence-electron chi connectivity index (χ3n) is 3.37. The number of aliphatic carboxylic acids is 1. The lowest BCUT2D eigenvalue weighted by atomic mass is 10.0. The van der Waals surface area contributed by atoms with Crippen molar-refractivity contribution in [3.05, 3.63) is 29.8 Å². The molecule has 0 radical (unpaired) electrons. The zero-order chi connectivity index (χ0) is 13.8. The zero-order valence-corrected chi connectivity index (χ0v) is 11.4. The molecule has 1 saturated heterocycles. The van der Waals surface area contributed by atoms with Gasteiger partial charge in [-0.25, -0.2) is 0 Å². The molecule has 1 aliphatic rings. The standard InChI is InChI=1S/C14H20N2O3/c1-15(2)12-5-3-11(4-6-12)13(14(17)18)16-7-9-19-10-8-16/h3-6,13H,7-10H2,1-2H3,(H,17,18). The third-order valence-corrected chi connectivity index (χ3v) is 3.37. The molecule has 1 unspecified atom stereocenters. The molecule has 1 atom stereocenters. The summed E-state index contributed by atoms with van der Waals surface area (Å²) in [6.45, 7) is 2.51. The van der Waals surface area contributed by atoms with Gasteiger partial charge >= 0.3 is 5.97 Å². The first-order chi connectivity index (χ1) is 9.09. The minimum absolute atomic E-state index is 0.583. The van der Waals surface area contributed by atoms with E-state index < -0.39 is 12.0 Å². The van der Waals surface area contributed by atoms with Gasteiger partial charge in [0.25, 0.3) is 0 Å². The van der Waals surface area contributed by atoms with E-state index in [1.54, 1.807) is 0 Å². The van der Waals surface area contributed by atoms with Crippen LogP contribution in [0.1, 0.15) is 11.6 Å². The number of morpholine rings is 1. The summed E-state index contributed by atoms with van der Waals surface area (Å²) in [4.78, 5) is 15.5. The van der Waals surface area contributed by atoms with Gasteiger partial charge in [0.05, 0.1) is 13.2 Å². The molecule has 104 valence electrons. The van der Waals surface area contributed by atoms with Crippen molar-refractivity contribution in [2.24, 2.45) is 0 Å². The number of benzene rings is 1. The Morgan fingerprint density at radius 3 is 2.32 bits per heavy atom. The molecule has 1 aromatic rings. The Morgan fingerprint density at radius 2 is 1.84 bits per heavy atom. The molecule has 2 rings (SSSR count). The Balaban J connectivity index is 2.20. The van der Waals surface area contributed by atoms with E-state index in [-0.39, 0.29) is 0 Å². The molecule has 5 heteroatoms. The lowest BCUT2D eigenvalue weighted by Gasteiger charge is -2.32. The van der Waals surface area contributed by atoms with Crippen LogP contribution in [0.25, 0.3) is 0 Å². The number of anilines is 1. The fourth-order valence-electron chi connectivity index (χ4n) is 2.30. The second-order valence-electron chi connectivity index (χ2n) is 4.88. The molecule has 1 heterocycles. The van der Waals surface area contributed by atoms with Crippen molar-refractivity contribution < 1.29 is 14.6 Å². The van der Waals surface area contributed by atoms with Gasteiger partial charge in [0, 0.05) is 32.9 Å². The van der Waals surface area contributed by atoms with E-state index in [0.29, 0.717) is 26.3 Å². The van der Waals surface area contributed by atoms with E-state index in [0.717, 1.165) is 11.3 Å². The molecule has 1 fully saturated rings. The molecule has 1 N–H and O–H groups in total. The molecule has 1 aromatic carbocycles. The summed E-state index contributed by atoms with van der Waals surface area (Å²) in [5, 5.41) is 9.46. The van der Waals surface area contributed by atoms with Crippen LogP contribution in [0.3, 0.4) is 0 Å². The summed E-state index contributed by atoms with van der Waals surface area (Å²) in [6.07, 6.45) is 0. The molecule has 0 bridgehead atoms. The average Bonchev–Trinajstić information content (AvgIpc) is 2.40. The Labute approximate surface area is 113 Å². The van der Waals surface area contributed by atoms with E-state index in [4.69, 9.17) is 4.74 Å². The van der Waals surface area contributed by atoms with E-state index in [2.05, 4.69) is 0 Å². The van der Waals surface area contributed by atoms with Crippen LogP contribution in [-0.4, -0.2) is 56.4 Å². The van der Waals surface area contributed by atoms with Crippen molar-refractivity contribution in [1.29, 1.82) is 0 Å². The van der Waals surface area contributed by atoms with Crippen molar-refractivity contribution in [2.75, 3.05) is 45.3 Å². The quantitative estimate of drug-likeness (QED) is 0.886. The van der Waals surface area contributed by atoms with Crippen molar-refractivity contribution in [3.63, 3.8) is 0 Å². The molecule has 0 amide bonds. The maximum Gasteiger partial charge on any atom is 0.325 e. The second kappa shape index (κ2) is 6.04. The number of hydrogen-bond donors (Lipinski definition) is 1. The molecule has 0 spiro atoms. The van der Waals surface area contributed by atoms with Crippen LogP contribution in [0.4, 0.5) is 5.69 Å². The number of carboxylic acid groups (broad SMARTS) is 1. The SMILES string of the molecule is CN(C)c1ccc(C(C(=O)O)N2CCOCC2)cc1. The normalized spacial score (nSPS) is 18.0. The maximum absolute atomic E-state index is 11.5.